The van der Waals surface area contributed by atoms with Crippen LogP contribution < -0.4 is 15.2 Å². The predicted octanol–water partition coefficient (Wildman–Crippen LogP) is 3.35. The number of piperazine rings is 1. The molecule has 1 N–H and O–H groups in total. The second-order valence-electron chi connectivity index (χ2n) is 8.83. The standard InChI is InChI=1S/C27H23FN6O3/c1-37-19-9-7-18(8-10-19)32-12-14-33(15-13-32)27(36)17-6-11-21-23(16-17)34-25(29-26(21)35)24(30-31-34)20-4-2-3-5-22(20)28/h2-11,16,31H,12-15H2,1H3. The number of hydrogen-bond donors (Lipinski definition) is 1. The van der Waals surface area contributed by atoms with E-state index in [9.17, 15) is 14.0 Å². The molecule has 37 heavy (non-hydrogen) atoms. The molecule has 6 rings (SSSR count). The summed E-state index contributed by atoms with van der Waals surface area (Å²) in [6.45, 7) is 2.53. The first-order chi connectivity index (χ1) is 18.0. The van der Waals surface area contributed by atoms with Gasteiger partial charge in [-0.1, -0.05) is 12.1 Å². The number of hydrogen-bond acceptors (Lipinski definition) is 6. The number of ether oxygens (including phenoxy) is 1. The first-order valence-corrected chi connectivity index (χ1v) is 11.9. The zero-order valence-electron chi connectivity index (χ0n) is 20.0. The largest absolute Gasteiger partial charge is 0.497 e. The van der Waals surface area contributed by atoms with Crippen LogP contribution in [0.15, 0.2) is 71.5 Å². The van der Waals surface area contributed by atoms with Gasteiger partial charge in [0.15, 0.2) is 5.65 Å². The van der Waals surface area contributed by atoms with Crippen molar-refractivity contribution in [3.8, 4) is 17.0 Å². The lowest BCUT2D eigenvalue weighted by atomic mass is 10.1. The van der Waals surface area contributed by atoms with Crippen LogP contribution in [-0.4, -0.2) is 63.9 Å². The first-order valence-electron chi connectivity index (χ1n) is 11.9. The molecule has 1 aliphatic heterocycles. The van der Waals surface area contributed by atoms with E-state index in [2.05, 4.69) is 20.2 Å². The zero-order chi connectivity index (χ0) is 25.5. The number of methoxy groups -OCH3 is 1. The van der Waals surface area contributed by atoms with Gasteiger partial charge in [0.05, 0.1) is 18.0 Å². The number of nitrogens with one attached hydrogen (secondary N) is 1. The van der Waals surface area contributed by atoms with Crippen LogP contribution in [0.2, 0.25) is 0 Å². The van der Waals surface area contributed by atoms with Gasteiger partial charge in [-0.05, 0) is 54.6 Å². The van der Waals surface area contributed by atoms with Gasteiger partial charge in [0.25, 0.3) is 11.5 Å². The number of rotatable bonds is 4. The van der Waals surface area contributed by atoms with Crippen molar-refractivity contribution in [2.45, 2.75) is 0 Å². The van der Waals surface area contributed by atoms with E-state index >= 15 is 0 Å². The maximum atomic E-state index is 14.4. The van der Waals surface area contributed by atoms with Gasteiger partial charge in [-0.15, -0.1) is 0 Å². The van der Waals surface area contributed by atoms with E-state index in [-0.39, 0.29) is 22.8 Å². The molecule has 1 amide bonds. The number of benzene rings is 3. The van der Waals surface area contributed by atoms with Gasteiger partial charge in [0, 0.05) is 43.0 Å². The molecule has 0 bridgehead atoms. The monoisotopic (exact) mass is 498 g/mol. The molecule has 10 heteroatoms. The second kappa shape index (κ2) is 9.05. The summed E-state index contributed by atoms with van der Waals surface area (Å²) in [5.74, 6) is 0.210. The van der Waals surface area contributed by atoms with E-state index in [0.29, 0.717) is 42.6 Å². The summed E-state index contributed by atoms with van der Waals surface area (Å²) in [6.07, 6.45) is 0. The summed E-state index contributed by atoms with van der Waals surface area (Å²) in [6, 6.07) is 18.9. The summed E-state index contributed by atoms with van der Waals surface area (Å²) in [4.78, 5) is 34.3. The highest BCUT2D eigenvalue weighted by atomic mass is 19.1. The van der Waals surface area contributed by atoms with Crippen molar-refractivity contribution in [1.82, 2.24) is 24.7 Å². The molecule has 0 atom stereocenters. The van der Waals surface area contributed by atoms with Crippen molar-refractivity contribution in [2.75, 3.05) is 38.2 Å². The number of nitrogens with zero attached hydrogens (tertiary/aromatic N) is 5. The van der Waals surface area contributed by atoms with E-state index < -0.39 is 11.4 Å². The summed E-state index contributed by atoms with van der Waals surface area (Å²) in [7, 11) is 1.64. The van der Waals surface area contributed by atoms with E-state index in [4.69, 9.17) is 4.74 Å². The van der Waals surface area contributed by atoms with Crippen LogP contribution in [0.1, 0.15) is 10.4 Å². The fraction of sp³-hybridized carbons (Fsp3) is 0.185. The SMILES string of the molecule is COc1ccc(N2CCN(C(=O)c3ccc4c(=O)nc5c(-c6ccccc6F)n[nH]n5c4c3)CC2)cc1. The summed E-state index contributed by atoms with van der Waals surface area (Å²) in [5, 5.41) is 7.37. The summed E-state index contributed by atoms with van der Waals surface area (Å²) in [5.41, 5.74) is 2.16. The van der Waals surface area contributed by atoms with Crippen LogP contribution in [0.5, 0.6) is 5.75 Å². The van der Waals surface area contributed by atoms with Crippen LogP contribution in [0.3, 0.4) is 0 Å². The van der Waals surface area contributed by atoms with Gasteiger partial charge in [-0.2, -0.15) is 10.1 Å². The van der Waals surface area contributed by atoms with Crippen LogP contribution in [0, 0.1) is 5.82 Å². The Morgan fingerprint density at radius 3 is 2.49 bits per heavy atom. The van der Waals surface area contributed by atoms with Gasteiger partial charge in [-0.3, -0.25) is 9.59 Å². The molecular formula is C27H23FN6O3. The highest BCUT2D eigenvalue weighted by Gasteiger charge is 2.24. The quantitative estimate of drug-likeness (QED) is 0.408. The molecule has 9 nitrogen and oxygen atoms in total. The molecule has 1 saturated heterocycles. The number of amides is 1. The van der Waals surface area contributed by atoms with Crippen molar-refractivity contribution in [2.24, 2.45) is 0 Å². The average Bonchev–Trinajstić information content (AvgIpc) is 3.36. The van der Waals surface area contributed by atoms with Crippen LogP contribution in [-0.2, 0) is 0 Å². The number of H-pyrrole nitrogens is 1. The number of anilines is 1. The van der Waals surface area contributed by atoms with E-state index in [1.807, 2.05) is 24.3 Å². The molecule has 1 aliphatic rings. The first kappa shape index (κ1) is 22.7. The molecule has 1 fully saturated rings. The van der Waals surface area contributed by atoms with Crippen LogP contribution in [0.4, 0.5) is 10.1 Å². The number of fused-ring (bicyclic) bond motifs is 3. The van der Waals surface area contributed by atoms with Crippen molar-refractivity contribution in [3.05, 3.63) is 88.5 Å². The minimum Gasteiger partial charge on any atom is -0.497 e. The summed E-state index contributed by atoms with van der Waals surface area (Å²) >= 11 is 0. The number of halogens is 1. The van der Waals surface area contributed by atoms with E-state index in [1.54, 1.807) is 48.4 Å². The molecule has 0 spiro atoms. The highest BCUT2D eigenvalue weighted by Crippen LogP contribution is 2.26. The maximum absolute atomic E-state index is 14.4. The number of carbonyl (C=O) groups excluding carboxylic acids is 1. The lowest BCUT2D eigenvalue weighted by molar-refractivity contribution is 0.0747. The minimum atomic E-state index is -0.471. The Morgan fingerprint density at radius 1 is 1.00 bits per heavy atom. The number of aromatic nitrogens is 4. The molecule has 0 aliphatic carbocycles. The van der Waals surface area contributed by atoms with Crippen molar-refractivity contribution in [3.63, 3.8) is 0 Å². The van der Waals surface area contributed by atoms with E-state index in [0.717, 1.165) is 11.4 Å². The van der Waals surface area contributed by atoms with E-state index in [1.165, 1.54) is 10.6 Å². The fourth-order valence-corrected chi connectivity index (χ4v) is 4.74. The molecule has 5 aromatic rings. The average molecular weight is 499 g/mol. The topological polar surface area (TPSA) is 95.8 Å². The van der Waals surface area contributed by atoms with Gasteiger partial charge in [0.2, 0.25) is 0 Å². The van der Waals surface area contributed by atoms with Gasteiger partial charge in [0.1, 0.15) is 17.3 Å². The zero-order valence-corrected chi connectivity index (χ0v) is 20.0. The predicted molar refractivity (Wildman–Crippen MR) is 138 cm³/mol. The molecule has 0 radical (unpaired) electrons. The molecule has 0 unspecified atom stereocenters. The smallest absolute Gasteiger partial charge is 0.281 e. The third-order valence-corrected chi connectivity index (χ3v) is 6.74. The Labute approximate surface area is 210 Å². The third-order valence-electron chi connectivity index (χ3n) is 6.74. The van der Waals surface area contributed by atoms with Gasteiger partial charge in [-0.25, -0.2) is 14.1 Å². The Morgan fingerprint density at radius 2 is 1.76 bits per heavy atom. The normalized spacial score (nSPS) is 13.9. The van der Waals surface area contributed by atoms with Gasteiger partial charge < -0.3 is 14.5 Å². The lowest BCUT2D eigenvalue weighted by Gasteiger charge is -2.36. The lowest BCUT2D eigenvalue weighted by Crippen LogP contribution is -2.48. The maximum Gasteiger partial charge on any atom is 0.281 e. The van der Waals surface area contributed by atoms with Gasteiger partial charge >= 0.3 is 0 Å². The minimum absolute atomic E-state index is 0.122. The molecular weight excluding hydrogens is 475 g/mol. The Bertz CT molecular complexity index is 1690. The molecule has 3 aromatic carbocycles. The molecule has 2 aromatic heterocycles. The fourth-order valence-electron chi connectivity index (χ4n) is 4.74. The van der Waals surface area contributed by atoms with Crippen molar-refractivity contribution < 1.29 is 13.9 Å². The van der Waals surface area contributed by atoms with Crippen molar-refractivity contribution in [1.29, 1.82) is 0 Å². The Kier molecular flexibility index (Phi) is 5.56. The second-order valence-corrected chi connectivity index (χ2v) is 8.83. The highest BCUT2D eigenvalue weighted by molar-refractivity contribution is 5.98. The Balaban J connectivity index is 1.29. The molecule has 0 saturated carbocycles. The molecule has 3 heterocycles. The molecule has 186 valence electrons. The Hall–Kier alpha value is -4.73. The summed E-state index contributed by atoms with van der Waals surface area (Å²) < 4.78 is 21.2. The number of carbonyl (C=O) groups is 1. The number of aromatic amines is 1. The van der Waals surface area contributed by atoms with Crippen LogP contribution in [0.25, 0.3) is 27.8 Å². The van der Waals surface area contributed by atoms with Crippen molar-refractivity contribution >= 4 is 28.1 Å². The van der Waals surface area contributed by atoms with Crippen LogP contribution >= 0.6 is 0 Å². The third kappa shape index (κ3) is 3.96.